The molecule has 20 heavy (non-hydrogen) atoms. The highest BCUT2D eigenvalue weighted by Gasteiger charge is 2.05. The van der Waals surface area contributed by atoms with Crippen LogP contribution in [-0.2, 0) is 11.3 Å². The highest BCUT2D eigenvalue weighted by Crippen LogP contribution is 2.11. The molecule has 1 aromatic carbocycles. The maximum Gasteiger partial charge on any atom is 0.224 e. The van der Waals surface area contributed by atoms with E-state index in [2.05, 4.69) is 15.4 Å². The lowest BCUT2D eigenvalue weighted by Crippen LogP contribution is -2.14. The van der Waals surface area contributed by atoms with E-state index in [4.69, 9.17) is 5.11 Å². The Morgan fingerprint density at radius 1 is 1.40 bits per heavy atom. The van der Waals surface area contributed by atoms with E-state index in [1.54, 1.807) is 17.9 Å². The van der Waals surface area contributed by atoms with Crippen LogP contribution in [-0.4, -0.2) is 31.9 Å². The van der Waals surface area contributed by atoms with Crippen molar-refractivity contribution in [1.29, 1.82) is 0 Å². The predicted molar refractivity (Wildman–Crippen MR) is 75.1 cm³/mol. The molecule has 1 atom stereocenters. The van der Waals surface area contributed by atoms with Crippen molar-refractivity contribution in [3.63, 3.8) is 0 Å². The van der Waals surface area contributed by atoms with Gasteiger partial charge in [-0.05, 0) is 31.0 Å². The molecule has 106 valence electrons. The first-order valence-electron chi connectivity index (χ1n) is 6.53. The molecule has 0 fully saturated rings. The van der Waals surface area contributed by atoms with E-state index in [0.717, 1.165) is 11.3 Å². The van der Waals surface area contributed by atoms with E-state index >= 15 is 0 Å². The van der Waals surface area contributed by atoms with Crippen LogP contribution < -0.4 is 5.32 Å². The van der Waals surface area contributed by atoms with Crippen molar-refractivity contribution < 1.29 is 9.90 Å². The first-order valence-corrected chi connectivity index (χ1v) is 6.53. The number of carbonyl (C=O) groups is 1. The molecule has 2 N–H and O–H groups in total. The number of nitrogens with zero attached hydrogens (tertiary/aromatic N) is 3. The van der Waals surface area contributed by atoms with Crippen molar-refractivity contribution in [2.45, 2.75) is 32.4 Å². The average Bonchev–Trinajstić information content (AvgIpc) is 2.92. The van der Waals surface area contributed by atoms with Gasteiger partial charge in [-0.15, -0.1) is 0 Å². The molecule has 0 aliphatic carbocycles. The molecular weight excluding hydrogens is 256 g/mol. The number of aliphatic hydroxyl groups excluding tert-OH is 1. The molecule has 0 radical (unpaired) electrons. The van der Waals surface area contributed by atoms with Crippen LogP contribution in [0.4, 0.5) is 5.69 Å². The predicted octanol–water partition coefficient (Wildman–Crippen LogP) is 1.43. The number of amides is 1. The van der Waals surface area contributed by atoms with Crippen molar-refractivity contribution in [3.05, 3.63) is 42.5 Å². The molecule has 0 aliphatic rings. The maximum absolute atomic E-state index is 11.6. The summed E-state index contributed by atoms with van der Waals surface area (Å²) in [5, 5.41) is 16.0. The number of aromatic nitrogens is 3. The highest BCUT2D eigenvalue weighted by molar-refractivity contribution is 5.90. The van der Waals surface area contributed by atoms with Crippen LogP contribution in [0.5, 0.6) is 0 Å². The molecule has 0 saturated heterocycles. The van der Waals surface area contributed by atoms with Crippen LogP contribution in [0.1, 0.15) is 25.3 Å². The van der Waals surface area contributed by atoms with Gasteiger partial charge >= 0.3 is 0 Å². The van der Waals surface area contributed by atoms with Gasteiger partial charge in [0.25, 0.3) is 0 Å². The van der Waals surface area contributed by atoms with Crippen molar-refractivity contribution in [3.8, 4) is 0 Å². The normalized spacial score (nSPS) is 12.1. The molecule has 0 aliphatic heterocycles. The molecule has 6 heteroatoms. The lowest BCUT2D eigenvalue weighted by Gasteiger charge is -2.07. The van der Waals surface area contributed by atoms with Crippen LogP contribution in [0.2, 0.25) is 0 Å². The first kappa shape index (κ1) is 14.2. The van der Waals surface area contributed by atoms with E-state index in [1.165, 1.54) is 6.33 Å². The Morgan fingerprint density at radius 2 is 2.15 bits per heavy atom. The number of hydrogen-bond donors (Lipinski definition) is 2. The maximum atomic E-state index is 11.6. The Hall–Kier alpha value is -2.21. The summed E-state index contributed by atoms with van der Waals surface area (Å²) in [5.74, 6) is -0.0880. The number of anilines is 1. The molecule has 1 aromatic heterocycles. The number of hydrogen-bond acceptors (Lipinski definition) is 4. The van der Waals surface area contributed by atoms with Crippen LogP contribution in [0, 0.1) is 0 Å². The van der Waals surface area contributed by atoms with Gasteiger partial charge in [-0.1, -0.05) is 12.1 Å². The molecule has 0 spiro atoms. The number of carbonyl (C=O) groups excluding carboxylic acids is 1. The quantitative estimate of drug-likeness (QED) is 0.835. The summed E-state index contributed by atoms with van der Waals surface area (Å²) >= 11 is 0. The van der Waals surface area contributed by atoms with Gasteiger partial charge in [0, 0.05) is 12.1 Å². The largest absolute Gasteiger partial charge is 0.393 e. The van der Waals surface area contributed by atoms with Crippen molar-refractivity contribution in [1.82, 2.24) is 14.8 Å². The summed E-state index contributed by atoms with van der Waals surface area (Å²) in [5.41, 5.74) is 1.83. The van der Waals surface area contributed by atoms with E-state index in [0.29, 0.717) is 19.4 Å². The van der Waals surface area contributed by atoms with Gasteiger partial charge in [0.15, 0.2) is 0 Å². The summed E-state index contributed by atoms with van der Waals surface area (Å²) < 4.78 is 1.73. The van der Waals surface area contributed by atoms with E-state index in [-0.39, 0.29) is 5.91 Å². The second-order valence-corrected chi connectivity index (χ2v) is 4.73. The Bertz CT molecular complexity index is 535. The molecule has 1 unspecified atom stereocenters. The second kappa shape index (κ2) is 6.81. The number of rotatable bonds is 6. The monoisotopic (exact) mass is 274 g/mol. The van der Waals surface area contributed by atoms with Crippen LogP contribution in [0.25, 0.3) is 0 Å². The fourth-order valence-corrected chi connectivity index (χ4v) is 1.76. The van der Waals surface area contributed by atoms with Gasteiger partial charge in [0.1, 0.15) is 12.7 Å². The minimum Gasteiger partial charge on any atom is -0.393 e. The Labute approximate surface area is 117 Å². The molecule has 0 saturated carbocycles. The summed E-state index contributed by atoms with van der Waals surface area (Å²) in [7, 11) is 0. The minimum absolute atomic E-state index is 0.0880. The fraction of sp³-hybridized carbons (Fsp3) is 0.357. The number of aliphatic hydroxyl groups is 1. The van der Waals surface area contributed by atoms with Gasteiger partial charge in [-0.3, -0.25) is 4.79 Å². The summed E-state index contributed by atoms with van der Waals surface area (Å²) in [6.07, 6.45) is 3.49. The van der Waals surface area contributed by atoms with Crippen molar-refractivity contribution in [2.75, 3.05) is 5.32 Å². The van der Waals surface area contributed by atoms with Crippen LogP contribution >= 0.6 is 0 Å². The zero-order valence-electron chi connectivity index (χ0n) is 11.4. The smallest absolute Gasteiger partial charge is 0.224 e. The zero-order chi connectivity index (χ0) is 14.4. The lowest BCUT2D eigenvalue weighted by molar-refractivity contribution is -0.116. The van der Waals surface area contributed by atoms with E-state index < -0.39 is 6.10 Å². The van der Waals surface area contributed by atoms with Gasteiger partial charge in [-0.2, -0.15) is 5.10 Å². The zero-order valence-corrected chi connectivity index (χ0v) is 11.4. The summed E-state index contributed by atoms with van der Waals surface area (Å²) in [6.45, 7) is 2.32. The number of benzene rings is 1. The van der Waals surface area contributed by atoms with Gasteiger partial charge in [0.05, 0.1) is 12.6 Å². The molecule has 0 bridgehead atoms. The van der Waals surface area contributed by atoms with Crippen LogP contribution in [0.3, 0.4) is 0 Å². The fourth-order valence-electron chi connectivity index (χ4n) is 1.76. The SMILES string of the molecule is CC(O)CCC(=O)Nc1ccc(Cn2cncn2)cc1. The van der Waals surface area contributed by atoms with Gasteiger partial charge < -0.3 is 10.4 Å². The Kier molecular flexibility index (Phi) is 4.84. The molecule has 2 aromatic rings. The van der Waals surface area contributed by atoms with Gasteiger partial charge in [0.2, 0.25) is 5.91 Å². The molecule has 1 amide bonds. The lowest BCUT2D eigenvalue weighted by atomic mass is 10.2. The van der Waals surface area contributed by atoms with E-state index in [9.17, 15) is 4.79 Å². The summed E-state index contributed by atoms with van der Waals surface area (Å²) in [6, 6.07) is 7.58. The second-order valence-electron chi connectivity index (χ2n) is 4.73. The topological polar surface area (TPSA) is 80.0 Å². The van der Waals surface area contributed by atoms with Crippen molar-refractivity contribution in [2.24, 2.45) is 0 Å². The Morgan fingerprint density at radius 3 is 2.75 bits per heavy atom. The third-order valence-electron chi connectivity index (χ3n) is 2.84. The van der Waals surface area contributed by atoms with E-state index in [1.807, 2.05) is 24.3 Å². The molecule has 2 rings (SSSR count). The minimum atomic E-state index is -0.453. The molecule has 6 nitrogen and oxygen atoms in total. The molecule has 1 heterocycles. The highest BCUT2D eigenvalue weighted by atomic mass is 16.3. The third-order valence-corrected chi connectivity index (χ3v) is 2.84. The Balaban J connectivity index is 1.86. The van der Waals surface area contributed by atoms with Crippen molar-refractivity contribution >= 4 is 11.6 Å². The first-order chi connectivity index (χ1) is 9.63. The summed E-state index contributed by atoms with van der Waals surface area (Å²) in [4.78, 5) is 15.5. The third kappa shape index (κ3) is 4.47. The average molecular weight is 274 g/mol. The number of nitrogens with one attached hydrogen (secondary N) is 1. The van der Waals surface area contributed by atoms with Gasteiger partial charge in [-0.25, -0.2) is 9.67 Å². The standard InChI is InChI=1S/C14H18N4O2/c1-11(19)2-7-14(20)17-13-5-3-12(4-6-13)8-18-10-15-9-16-18/h3-6,9-11,19H,2,7-8H2,1H3,(H,17,20). The molecular formula is C14H18N4O2. The van der Waals surface area contributed by atoms with Crippen LogP contribution in [0.15, 0.2) is 36.9 Å².